The lowest BCUT2D eigenvalue weighted by atomic mass is 9.99. The molecule has 0 amide bonds. The second-order valence-electron chi connectivity index (χ2n) is 5.31. The topological polar surface area (TPSA) is 38.5 Å². The minimum Gasteiger partial charge on any atom is -0.495 e. The van der Waals surface area contributed by atoms with Crippen molar-refractivity contribution in [2.24, 2.45) is 0 Å². The molecule has 0 spiro atoms. The highest BCUT2D eigenvalue weighted by Gasteiger charge is 2.19. The smallest absolute Gasteiger partial charge is 0.143 e. The van der Waals surface area contributed by atoms with Gasteiger partial charge in [-0.25, -0.2) is 0 Å². The fourth-order valence-corrected chi connectivity index (χ4v) is 2.86. The van der Waals surface area contributed by atoms with Crippen LogP contribution in [-0.4, -0.2) is 13.7 Å². The monoisotopic (exact) mass is 268 g/mol. The van der Waals surface area contributed by atoms with Gasteiger partial charge in [0.1, 0.15) is 5.75 Å². The Morgan fingerprint density at radius 3 is 2.80 bits per heavy atom. The normalized spacial score (nSPS) is 14.0. The molecule has 0 aromatic heterocycles. The minimum atomic E-state index is 0.678. The van der Waals surface area contributed by atoms with Crippen molar-refractivity contribution in [2.45, 2.75) is 19.8 Å². The van der Waals surface area contributed by atoms with Gasteiger partial charge in [-0.1, -0.05) is 17.7 Å². The number of nitrogens with two attached hydrogens (primary N) is 1. The van der Waals surface area contributed by atoms with Crippen molar-refractivity contribution in [2.75, 3.05) is 24.3 Å². The largest absolute Gasteiger partial charge is 0.495 e. The molecule has 0 saturated heterocycles. The van der Waals surface area contributed by atoms with Crippen LogP contribution in [0, 0.1) is 6.92 Å². The van der Waals surface area contributed by atoms with Gasteiger partial charge in [0, 0.05) is 24.0 Å². The maximum absolute atomic E-state index is 5.90. The number of aryl methyl sites for hydroxylation is 2. The third kappa shape index (κ3) is 2.20. The molecule has 104 valence electrons. The number of ether oxygens (including phenoxy) is 1. The van der Waals surface area contributed by atoms with E-state index in [2.05, 4.69) is 36.1 Å². The molecule has 20 heavy (non-hydrogen) atoms. The second-order valence-corrected chi connectivity index (χ2v) is 5.31. The summed E-state index contributed by atoms with van der Waals surface area (Å²) in [6.07, 6.45) is 2.32. The zero-order chi connectivity index (χ0) is 14.1. The molecule has 2 N–H and O–H groups in total. The SMILES string of the molecule is COc1cc(N2CCCc3cc(C)ccc32)ccc1N. The van der Waals surface area contributed by atoms with Crippen LogP contribution in [0.4, 0.5) is 17.1 Å². The van der Waals surface area contributed by atoms with Crippen LogP contribution in [0.1, 0.15) is 17.5 Å². The van der Waals surface area contributed by atoms with Crippen LogP contribution in [0.5, 0.6) is 5.75 Å². The summed E-state index contributed by atoms with van der Waals surface area (Å²) < 4.78 is 5.33. The predicted octanol–water partition coefficient (Wildman–Crippen LogP) is 3.67. The Balaban J connectivity index is 2.04. The number of benzene rings is 2. The van der Waals surface area contributed by atoms with E-state index in [1.165, 1.54) is 23.2 Å². The number of hydrogen-bond acceptors (Lipinski definition) is 3. The molecule has 0 radical (unpaired) electrons. The molecule has 3 nitrogen and oxygen atoms in total. The molecule has 0 saturated carbocycles. The van der Waals surface area contributed by atoms with Gasteiger partial charge in [0.05, 0.1) is 12.8 Å². The molecular formula is C17H20N2O. The van der Waals surface area contributed by atoms with Crippen molar-refractivity contribution in [3.8, 4) is 5.75 Å². The molecule has 1 aliphatic heterocycles. The van der Waals surface area contributed by atoms with E-state index in [4.69, 9.17) is 10.5 Å². The molecule has 2 aromatic rings. The lowest BCUT2D eigenvalue weighted by Gasteiger charge is -2.32. The van der Waals surface area contributed by atoms with E-state index < -0.39 is 0 Å². The van der Waals surface area contributed by atoms with E-state index in [-0.39, 0.29) is 0 Å². The zero-order valence-corrected chi connectivity index (χ0v) is 12.0. The third-order valence-electron chi connectivity index (χ3n) is 3.88. The lowest BCUT2D eigenvalue weighted by molar-refractivity contribution is 0.417. The van der Waals surface area contributed by atoms with Gasteiger partial charge in [-0.05, 0) is 43.5 Å². The van der Waals surface area contributed by atoms with Crippen LogP contribution in [0.2, 0.25) is 0 Å². The fourth-order valence-electron chi connectivity index (χ4n) is 2.86. The van der Waals surface area contributed by atoms with E-state index in [1.807, 2.05) is 12.1 Å². The summed E-state index contributed by atoms with van der Waals surface area (Å²) in [5, 5.41) is 0. The summed E-state index contributed by atoms with van der Waals surface area (Å²) >= 11 is 0. The van der Waals surface area contributed by atoms with Crippen LogP contribution >= 0.6 is 0 Å². The first-order valence-corrected chi connectivity index (χ1v) is 6.99. The average Bonchev–Trinajstić information content (AvgIpc) is 2.47. The summed E-state index contributed by atoms with van der Waals surface area (Å²) in [6.45, 7) is 3.18. The van der Waals surface area contributed by atoms with Gasteiger partial charge in [0.2, 0.25) is 0 Å². The van der Waals surface area contributed by atoms with Crippen molar-refractivity contribution in [1.82, 2.24) is 0 Å². The van der Waals surface area contributed by atoms with Gasteiger partial charge < -0.3 is 15.4 Å². The first-order chi connectivity index (χ1) is 9.69. The van der Waals surface area contributed by atoms with Crippen LogP contribution in [0.15, 0.2) is 36.4 Å². The number of hydrogen-bond donors (Lipinski definition) is 1. The van der Waals surface area contributed by atoms with Crippen molar-refractivity contribution in [3.63, 3.8) is 0 Å². The van der Waals surface area contributed by atoms with Gasteiger partial charge in [0.15, 0.2) is 0 Å². The van der Waals surface area contributed by atoms with Crippen LogP contribution < -0.4 is 15.4 Å². The summed E-state index contributed by atoms with van der Waals surface area (Å²) in [5.74, 6) is 0.738. The molecule has 3 rings (SSSR count). The van der Waals surface area contributed by atoms with Crippen molar-refractivity contribution in [3.05, 3.63) is 47.5 Å². The molecule has 2 aromatic carbocycles. The van der Waals surface area contributed by atoms with Crippen molar-refractivity contribution in [1.29, 1.82) is 0 Å². The van der Waals surface area contributed by atoms with E-state index in [9.17, 15) is 0 Å². The highest BCUT2D eigenvalue weighted by atomic mass is 16.5. The molecule has 0 fully saturated rings. The summed E-state index contributed by atoms with van der Waals surface area (Å²) in [6, 6.07) is 12.7. The Kier molecular flexibility index (Phi) is 3.26. The van der Waals surface area contributed by atoms with Gasteiger partial charge in [-0.2, -0.15) is 0 Å². The van der Waals surface area contributed by atoms with E-state index in [0.717, 1.165) is 24.4 Å². The summed E-state index contributed by atoms with van der Waals surface area (Å²) in [5.41, 5.74) is 11.8. The Morgan fingerprint density at radius 1 is 1.15 bits per heavy atom. The summed E-state index contributed by atoms with van der Waals surface area (Å²) in [4.78, 5) is 2.35. The lowest BCUT2D eigenvalue weighted by Crippen LogP contribution is -2.24. The van der Waals surface area contributed by atoms with Crippen molar-refractivity contribution < 1.29 is 4.74 Å². The minimum absolute atomic E-state index is 0.678. The number of fused-ring (bicyclic) bond motifs is 1. The van der Waals surface area contributed by atoms with Gasteiger partial charge in [0.25, 0.3) is 0 Å². The highest BCUT2D eigenvalue weighted by molar-refractivity contribution is 5.72. The van der Waals surface area contributed by atoms with Crippen molar-refractivity contribution >= 4 is 17.1 Å². The molecule has 0 unspecified atom stereocenters. The number of methoxy groups -OCH3 is 1. The predicted molar refractivity (Wildman–Crippen MR) is 83.9 cm³/mol. The second kappa shape index (κ2) is 5.08. The Hall–Kier alpha value is -2.16. The van der Waals surface area contributed by atoms with Crippen LogP contribution in [-0.2, 0) is 6.42 Å². The molecule has 1 heterocycles. The quantitative estimate of drug-likeness (QED) is 0.845. The molecule has 0 atom stereocenters. The maximum atomic E-state index is 5.90. The Bertz CT molecular complexity index is 637. The molecule has 3 heteroatoms. The van der Waals surface area contributed by atoms with Gasteiger partial charge in [-0.15, -0.1) is 0 Å². The van der Waals surface area contributed by atoms with Gasteiger partial charge in [-0.3, -0.25) is 0 Å². The first kappa shape index (κ1) is 12.9. The molecule has 1 aliphatic rings. The Labute approximate surface area is 120 Å². The van der Waals surface area contributed by atoms with E-state index >= 15 is 0 Å². The molecule has 0 aliphatic carbocycles. The first-order valence-electron chi connectivity index (χ1n) is 6.99. The van der Waals surface area contributed by atoms with Gasteiger partial charge >= 0.3 is 0 Å². The van der Waals surface area contributed by atoms with Crippen LogP contribution in [0.3, 0.4) is 0 Å². The third-order valence-corrected chi connectivity index (χ3v) is 3.88. The zero-order valence-electron chi connectivity index (χ0n) is 12.0. The fraction of sp³-hybridized carbons (Fsp3) is 0.294. The molecular weight excluding hydrogens is 248 g/mol. The highest BCUT2D eigenvalue weighted by Crippen LogP contribution is 2.36. The number of rotatable bonds is 2. The molecule has 0 bridgehead atoms. The maximum Gasteiger partial charge on any atom is 0.143 e. The number of nitrogens with zero attached hydrogens (tertiary/aromatic N) is 1. The number of nitrogen functional groups attached to an aromatic ring is 1. The number of anilines is 3. The van der Waals surface area contributed by atoms with E-state index in [0.29, 0.717) is 5.69 Å². The van der Waals surface area contributed by atoms with Crippen LogP contribution in [0.25, 0.3) is 0 Å². The summed E-state index contributed by atoms with van der Waals surface area (Å²) in [7, 11) is 1.66. The standard InChI is InChI=1S/C17H20N2O/c1-12-5-8-16-13(10-12)4-3-9-19(16)14-6-7-15(18)17(11-14)20-2/h5-8,10-11H,3-4,9,18H2,1-2H3. The average molecular weight is 268 g/mol. The van der Waals surface area contributed by atoms with E-state index in [1.54, 1.807) is 7.11 Å². The Morgan fingerprint density at radius 2 is 2.00 bits per heavy atom.